The van der Waals surface area contributed by atoms with Crippen molar-refractivity contribution >= 4 is 11.9 Å². The molecule has 30 heavy (non-hydrogen) atoms. The van der Waals surface area contributed by atoms with Crippen molar-refractivity contribution in [3.05, 3.63) is 65.6 Å². The molecule has 1 aromatic heterocycles. The summed E-state index contributed by atoms with van der Waals surface area (Å²) >= 11 is 0. The van der Waals surface area contributed by atoms with Gasteiger partial charge in [-0.25, -0.2) is 13.6 Å². The largest absolute Gasteiger partial charge is 0.497 e. The van der Waals surface area contributed by atoms with Crippen molar-refractivity contribution in [1.82, 2.24) is 20.4 Å². The van der Waals surface area contributed by atoms with Gasteiger partial charge in [0.15, 0.2) is 11.6 Å². The number of methoxy groups -OCH3 is 1. The topological polar surface area (TPSA) is 97.6 Å². The van der Waals surface area contributed by atoms with Crippen molar-refractivity contribution in [2.45, 2.75) is 19.0 Å². The predicted molar refractivity (Wildman–Crippen MR) is 99.1 cm³/mol. The molecule has 10 heteroatoms. The number of urea groups is 1. The SMILES string of the molecule is COc1ccc(-c2nnc(CN3C(=O)NC(C)(c4ccc(F)c(F)c4)C3=O)o2)cc1. The first-order valence-corrected chi connectivity index (χ1v) is 8.88. The zero-order valence-electron chi connectivity index (χ0n) is 16.0. The molecule has 1 saturated heterocycles. The highest BCUT2D eigenvalue weighted by atomic mass is 19.2. The summed E-state index contributed by atoms with van der Waals surface area (Å²) in [5.41, 5.74) is -0.796. The van der Waals surface area contributed by atoms with Crippen LogP contribution in [0.15, 0.2) is 46.9 Å². The van der Waals surface area contributed by atoms with Gasteiger partial charge in [-0.2, -0.15) is 0 Å². The molecule has 1 unspecified atom stereocenters. The maximum absolute atomic E-state index is 13.6. The highest BCUT2D eigenvalue weighted by molar-refractivity contribution is 6.07. The van der Waals surface area contributed by atoms with Crippen LogP contribution in [0.5, 0.6) is 5.75 Å². The van der Waals surface area contributed by atoms with Crippen molar-refractivity contribution in [2.24, 2.45) is 0 Å². The summed E-state index contributed by atoms with van der Waals surface area (Å²) in [5.74, 6) is -1.90. The van der Waals surface area contributed by atoms with Crippen molar-refractivity contribution in [2.75, 3.05) is 7.11 Å². The number of ether oxygens (including phenoxy) is 1. The summed E-state index contributed by atoms with van der Waals surface area (Å²) in [7, 11) is 1.55. The van der Waals surface area contributed by atoms with E-state index in [1.54, 1.807) is 31.4 Å². The van der Waals surface area contributed by atoms with E-state index in [1.807, 2.05) is 0 Å². The quantitative estimate of drug-likeness (QED) is 0.645. The highest BCUT2D eigenvalue weighted by Gasteiger charge is 2.49. The number of aromatic nitrogens is 2. The van der Waals surface area contributed by atoms with Crippen LogP contribution < -0.4 is 10.1 Å². The fraction of sp³-hybridized carbons (Fsp3) is 0.200. The normalized spacial score (nSPS) is 18.6. The van der Waals surface area contributed by atoms with Gasteiger partial charge in [0, 0.05) is 5.56 Å². The first-order valence-electron chi connectivity index (χ1n) is 8.88. The van der Waals surface area contributed by atoms with Crippen LogP contribution in [0.2, 0.25) is 0 Å². The fourth-order valence-corrected chi connectivity index (χ4v) is 3.15. The van der Waals surface area contributed by atoms with E-state index in [4.69, 9.17) is 9.15 Å². The lowest BCUT2D eigenvalue weighted by atomic mass is 9.92. The smallest absolute Gasteiger partial charge is 0.325 e. The number of hydrogen-bond donors (Lipinski definition) is 1. The standard InChI is InChI=1S/C20H16F2N4O4/c1-20(12-5-8-14(21)15(22)9-12)18(27)26(19(28)23-20)10-16-24-25-17(30-16)11-3-6-13(29-2)7-4-11/h3-9H,10H2,1-2H3,(H,23,28). The third-order valence-electron chi connectivity index (χ3n) is 4.87. The summed E-state index contributed by atoms with van der Waals surface area (Å²) < 4.78 is 37.5. The molecule has 2 heterocycles. The molecule has 1 aliphatic heterocycles. The maximum Gasteiger partial charge on any atom is 0.325 e. The molecule has 1 aliphatic rings. The van der Waals surface area contributed by atoms with Gasteiger partial charge < -0.3 is 14.5 Å². The van der Waals surface area contributed by atoms with Gasteiger partial charge in [-0.15, -0.1) is 10.2 Å². The molecular formula is C20H16F2N4O4. The first kappa shape index (κ1) is 19.5. The number of halogens is 2. The molecule has 0 saturated carbocycles. The third-order valence-corrected chi connectivity index (χ3v) is 4.87. The lowest BCUT2D eigenvalue weighted by Crippen LogP contribution is -2.41. The molecule has 8 nitrogen and oxygen atoms in total. The van der Waals surface area contributed by atoms with Crippen LogP contribution in [0.25, 0.3) is 11.5 Å². The molecule has 2 aromatic carbocycles. The fourth-order valence-electron chi connectivity index (χ4n) is 3.15. The Labute approximate surface area is 169 Å². The summed E-state index contributed by atoms with van der Waals surface area (Å²) in [6.07, 6.45) is 0. The Bertz CT molecular complexity index is 1130. The van der Waals surface area contributed by atoms with Gasteiger partial charge >= 0.3 is 6.03 Å². The molecule has 0 aliphatic carbocycles. The molecule has 154 valence electrons. The van der Waals surface area contributed by atoms with Crippen LogP contribution >= 0.6 is 0 Å². The number of rotatable bonds is 5. The van der Waals surface area contributed by atoms with Crippen LogP contribution in [-0.2, 0) is 16.9 Å². The minimum absolute atomic E-state index is 0.0406. The second-order valence-corrected chi connectivity index (χ2v) is 6.80. The maximum atomic E-state index is 13.6. The highest BCUT2D eigenvalue weighted by Crippen LogP contribution is 2.31. The van der Waals surface area contributed by atoms with Gasteiger partial charge in [0.1, 0.15) is 17.8 Å². The third kappa shape index (κ3) is 3.25. The summed E-state index contributed by atoms with van der Waals surface area (Å²) in [6.45, 7) is 1.14. The Balaban J connectivity index is 1.55. The molecule has 3 amide bonds. The van der Waals surface area contributed by atoms with Gasteiger partial charge in [-0.1, -0.05) is 6.07 Å². The summed E-state index contributed by atoms with van der Waals surface area (Å²) in [6, 6.07) is 9.22. The van der Waals surface area contributed by atoms with Gasteiger partial charge in [0.25, 0.3) is 5.91 Å². The lowest BCUT2D eigenvalue weighted by Gasteiger charge is -2.22. The number of amides is 3. The second-order valence-electron chi connectivity index (χ2n) is 6.80. The number of hydrogen-bond acceptors (Lipinski definition) is 6. The van der Waals surface area contributed by atoms with Gasteiger partial charge in [-0.3, -0.25) is 9.69 Å². The molecule has 3 aromatic rings. The predicted octanol–water partition coefficient (Wildman–Crippen LogP) is 2.99. The summed E-state index contributed by atoms with van der Waals surface area (Å²) in [5, 5.41) is 10.3. The molecule has 1 fully saturated rings. The first-order chi connectivity index (χ1) is 14.3. The van der Waals surface area contributed by atoms with Crippen molar-refractivity contribution < 1.29 is 27.5 Å². The molecule has 0 bridgehead atoms. The summed E-state index contributed by atoms with van der Waals surface area (Å²) in [4.78, 5) is 26.2. The number of carbonyl (C=O) groups excluding carboxylic acids is 2. The van der Waals surface area contributed by atoms with E-state index < -0.39 is 29.1 Å². The van der Waals surface area contributed by atoms with Crippen molar-refractivity contribution in [3.63, 3.8) is 0 Å². The minimum atomic E-state index is -1.55. The zero-order chi connectivity index (χ0) is 21.5. The molecule has 1 atom stereocenters. The zero-order valence-corrected chi connectivity index (χ0v) is 16.0. The van der Waals surface area contributed by atoms with Gasteiger partial charge in [-0.05, 0) is 48.9 Å². The monoisotopic (exact) mass is 414 g/mol. The van der Waals surface area contributed by atoms with Crippen LogP contribution in [0.1, 0.15) is 18.4 Å². The van der Waals surface area contributed by atoms with Gasteiger partial charge in [0.05, 0.1) is 7.11 Å². The average molecular weight is 414 g/mol. The van der Waals surface area contributed by atoms with E-state index in [0.717, 1.165) is 17.0 Å². The Morgan fingerprint density at radius 2 is 1.83 bits per heavy atom. The Hall–Kier alpha value is -3.82. The van der Waals surface area contributed by atoms with Crippen LogP contribution in [0.3, 0.4) is 0 Å². The van der Waals surface area contributed by atoms with E-state index in [-0.39, 0.29) is 23.9 Å². The Kier molecular flexibility index (Phi) is 4.69. The van der Waals surface area contributed by atoms with E-state index in [0.29, 0.717) is 11.3 Å². The van der Waals surface area contributed by atoms with E-state index in [9.17, 15) is 18.4 Å². The number of benzene rings is 2. The number of carbonyl (C=O) groups is 2. The average Bonchev–Trinajstić information content (AvgIpc) is 3.29. The van der Waals surface area contributed by atoms with E-state index >= 15 is 0 Å². The van der Waals surface area contributed by atoms with Crippen LogP contribution in [-0.4, -0.2) is 34.1 Å². The van der Waals surface area contributed by atoms with E-state index in [1.165, 1.54) is 13.0 Å². The molecule has 0 spiro atoms. The number of nitrogens with one attached hydrogen (secondary N) is 1. The van der Waals surface area contributed by atoms with Crippen LogP contribution in [0.4, 0.5) is 13.6 Å². The van der Waals surface area contributed by atoms with E-state index in [2.05, 4.69) is 15.5 Å². The van der Waals surface area contributed by atoms with Crippen molar-refractivity contribution in [1.29, 1.82) is 0 Å². The molecule has 4 rings (SSSR count). The molecule has 0 radical (unpaired) electrons. The van der Waals surface area contributed by atoms with Crippen LogP contribution in [0, 0.1) is 11.6 Å². The minimum Gasteiger partial charge on any atom is -0.497 e. The Morgan fingerprint density at radius 3 is 2.50 bits per heavy atom. The van der Waals surface area contributed by atoms with Gasteiger partial charge in [0.2, 0.25) is 11.8 Å². The second kappa shape index (κ2) is 7.21. The number of imide groups is 1. The number of nitrogens with zero attached hydrogens (tertiary/aromatic N) is 3. The molecular weight excluding hydrogens is 398 g/mol. The molecule has 1 N–H and O–H groups in total. The lowest BCUT2D eigenvalue weighted by molar-refractivity contribution is -0.131. The Morgan fingerprint density at radius 1 is 1.10 bits per heavy atom. The van der Waals surface area contributed by atoms with Crippen molar-refractivity contribution in [3.8, 4) is 17.2 Å².